The van der Waals surface area contributed by atoms with Crippen LogP contribution in [0.25, 0.3) is 0 Å². The van der Waals surface area contributed by atoms with E-state index in [1.54, 1.807) is 0 Å². The lowest BCUT2D eigenvalue weighted by molar-refractivity contribution is -0.114. The zero-order valence-electron chi connectivity index (χ0n) is 8.45. The molecule has 0 unspecified atom stereocenters. The molecule has 0 spiro atoms. The van der Waals surface area contributed by atoms with Crippen molar-refractivity contribution in [2.45, 2.75) is 0 Å². The summed E-state index contributed by atoms with van der Waals surface area (Å²) in [5.41, 5.74) is 7.04. The van der Waals surface area contributed by atoms with Crippen LogP contribution in [0, 0.1) is 0 Å². The number of nitrogens with zero attached hydrogens (tertiary/aromatic N) is 1. The zero-order chi connectivity index (χ0) is 10.6. The van der Waals surface area contributed by atoms with Crippen molar-refractivity contribution in [3.63, 3.8) is 0 Å². The summed E-state index contributed by atoms with van der Waals surface area (Å²) < 4.78 is 0. The highest BCUT2D eigenvalue weighted by molar-refractivity contribution is 5.92. The fourth-order valence-corrected chi connectivity index (χ4v) is 1.05. The summed E-state index contributed by atoms with van der Waals surface area (Å²) in [4.78, 5) is 12.9. The van der Waals surface area contributed by atoms with Gasteiger partial charge in [-0.1, -0.05) is 0 Å². The highest BCUT2D eigenvalue weighted by Gasteiger charge is 1.99. The minimum absolute atomic E-state index is 0.00936. The van der Waals surface area contributed by atoms with Gasteiger partial charge in [0.25, 0.3) is 0 Å². The summed E-state index contributed by atoms with van der Waals surface area (Å²) in [5.74, 6) is -0.178. The first-order valence-corrected chi connectivity index (χ1v) is 4.41. The second-order valence-corrected chi connectivity index (χ2v) is 3.19. The van der Waals surface area contributed by atoms with Crippen LogP contribution in [0.15, 0.2) is 24.3 Å². The van der Waals surface area contributed by atoms with Crippen molar-refractivity contribution < 1.29 is 4.79 Å². The van der Waals surface area contributed by atoms with E-state index >= 15 is 0 Å². The van der Waals surface area contributed by atoms with Crippen molar-refractivity contribution in [3.05, 3.63) is 24.3 Å². The number of amides is 1. The molecule has 0 aliphatic rings. The molecule has 0 bridgehead atoms. The van der Waals surface area contributed by atoms with E-state index in [0.29, 0.717) is 0 Å². The maximum absolute atomic E-state index is 11.0. The van der Waals surface area contributed by atoms with E-state index in [4.69, 9.17) is 5.73 Å². The van der Waals surface area contributed by atoms with Crippen LogP contribution >= 0.6 is 0 Å². The van der Waals surface area contributed by atoms with Crippen molar-refractivity contribution in [1.29, 1.82) is 0 Å². The normalized spacial score (nSPS) is 9.64. The summed E-state index contributed by atoms with van der Waals surface area (Å²) in [6.07, 6.45) is 0. The number of nitrogens with one attached hydrogen (secondary N) is 1. The summed E-state index contributed by atoms with van der Waals surface area (Å²) >= 11 is 0. The molecule has 4 heteroatoms. The first-order chi connectivity index (χ1) is 6.63. The molecule has 1 aromatic rings. The van der Waals surface area contributed by atoms with Gasteiger partial charge in [0.15, 0.2) is 0 Å². The highest BCUT2D eigenvalue weighted by atomic mass is 16.1. The fraction of sp³-hybridized carbons (Fsp3) is 0.300. The number of anilines is 2. The van der Waals surface area contributed by atoms with E-state index in [0.717, 1.165) is 11.4 Å². The summed E-state index contributed by atoms with van der Waals surface area (Å²) in [5, 5.41) is 2.68. The number of hydrogen-bond donors (Lipinski definition) is 2. The number of carbonyl (C=O) groups is 1. The van der Waals surface area contributed by atoms with Crippen LogP contribution in [0.4, 0.5) is 11.4 Å². The third-order valence-corrected chi connectivity index (χ3v) is 1.85. The topological polar surface area (TPSA) is 58.4 Å². The van der Waals surface area contributed by atoms with Gasteiger partial charge in [0.1, 0.15) is 0 Å². The van der Waals surface area contributed by atoms with Gasteiger partial charge < -0.3 is 16.0 Å². The molecule has 0 atom stereocenters. The van der Waals surface area contributed by atoms with Crippen molar-refractivity contribution >= 4 is 17.3 Å². The monoisotopic (exact) mass is 193 g/mol. The van der Waals surface area contributed by atoms with Gasteiger partial charge in [-0.05, 0) is 24.3 Å². The van der Waals surface area contributed by atoms with Crippen molar-refractivity contribution in [2.75, 3.05) is 30.9 Å². The van der Waals surface area contributed by atoms with Crippen LogP contribution in [0.1, 0.15) is 0 Å². The van der Waals surface area contributed by atoms with Gasteiger partial charge in [0.05, 0.1) is 6.54 Å². The van der Waals surface area contributed by atoms with Gasteiger partial charge in [-0.2, -0.15) is 0 Å². The average Bonchev–Trinajstić information content (AvgIpc) is 2.18. The Hall–Kier alpha value is -1.55. The van der Waals surface area contributed by atoms with Crippen LogP contribution in [0.5, 0.6) is 0 Å². The van der Waals surface area contributed by atoms with Crippen LogP contribution in [-0.4, -0.2) is 26.5 Å². The zero-order valence-corrected chi connectivity index (χ0v) is 8.45. The molecule has 0 radical (unpaired) electrons. The summed E-state index contributed by atoms with van der Waals surface area (Å²) in [7, 11) is 3.93. The molecular weight excluding hydrogens is 178 g/mol. The molecular formula is C10H15N3O. The number of rotatable bonds is 3. The van der Waals surface area contributed by atoms with Gasteiger partial charge in [-0.25, -0.2) is 0 Å². The number of carbonyl (C=O) groups excluding carboxylic acids is 1. The lowest BCUT2D eigenvalue weighted by Crippen LogP contribution is -2.21. The molecule has 76 valence electrons. The molecule has 0 saturated heterocycles. The summed E-state index contributed by atoms with van der Waals surface area (Å²) in [6, 6.07) is 7.57. The van der Waals surface area contributed by atoms with Gasteiger partial charge in [-0.15, -0.1) is 0 Å². The van der Waals surface area contributed by atoms with Crippen LogP contribution < -0.4 is 16.0 Å². The number of nitrogens with two attached hydrogens (primary N) is 1. The van der Waals surface area contributed by atoms with Gasteiger partial charge in [0.2, 0.25) is 5.91 Å². The van der Waals surface area contributed by atoms with Gasteiger partial charge in [-0.3, -0.25) is 4.79 Å². The number of benzene rings is 1. The Kier molecular flexibility index (Phi) is 3.48. The molecule has 1 amide bonds. The fourth-order valence-electron chi connectivity index (χ4n) is 1.05. The molecule has 1 aromatic carbocycles. The molecule has 0 fully saturated rings. The molecule has 4 nitrogen and oxygen atoms in total. The van der Waals surface area contributed by atoms with E-state index in [2.05, 4.69) is 5.32 Å². The van der Waals surface area contributed by atoms with Gasteiger partial charge >= 0.3 is 0 Å². The Labute approximate surface area is 83.7 Å². The number of hydrogen-bond acceptors (Lipinski definition) is 3. The average molecular weight is 193 g/mol. The standard InChI is InChI=1S/C10H15N3O/c1-13(2)9-5-3-8(4-6-9)12-10(14)7-11/h3-6H,7,11H2,1-2H3,(H,12,14). The Morgan fingerprint density at radius 3 is 2.36 bits per heavy atom. The molecule has 0 aromatic heterocycles. The predicted octanol–water partition coefficient (Wildman–Crippen LogP) is 0.650. The quantitative estimate of drug-likeness (QED) is 0.741. The molecule has 3 N–H and O–H groups in total. The predicted molar refractivity (Wildman–Crippen MR) is 58.5 cm³/mol. The van der Waals surface area contributed by atoms with Crippen LogP contribution in [-0.2, 0) is 4.79 Å². The second-order valence-electron chi connectivity index (χ2n) is 3.19. The maximum atomic E-state index is 11.0. The molecule has 0 saturated carbocycles. The second kappa shape index (κ2) is 4.62. The van der Waals surface area contributed by atoms with E-state index < -0.39 is 0 Å². The SMILES string of the molecule is CN(C)c1ccc(NC(=O)CN)cc1. The van der Waals surface area contributed by atoms with E-state index in [1.165, 1.54) is 0 Å². The molecule has 0 aliphatic heterocycles. The Morgan fingerprint density at radius 1 is 1.36 bits per heavy atom. The largest absolute Gasteiger partial charge is 0.378 e. The van der Waals surface area contributed by atoms with Gasteiger partial charge in [0, 0.05) is 25.5 Å². The highest BCUT2D eigenvalue weighted by Crippen LogP contribution is 2.15. The van der Waals surface area contributed by atoms with E-state index in [9.17, 15) is 4.79 Å². The first kappa shape index (κ1) is 10.5. The lowest BCUT2D eigenvalue weighted by atomic mass is 10.2. The van der Waals surface area contributed by atoms with Crippen molar-refractivity contribution in [3.8, 4) is 0 Å². The Morgan fingerprint density at radius 2 is 1.93 bits per heavy atom. The molecule has 0 heterocycles. The minimum Gasteiger partial charge on any atom is -0.378 e. The Balaban J connectivity index is 2.69. The van der Waals surface area contributed by atoms with Crippen molar-refractivity contribution in [1.82, 2.24) is 0 Å². The Bertz CT molecular complexity index is 306. The summed E-state index contributed by atoms with van der Waals surface area (Å²) in [6.45, 7) is 0.00936. The molecule has 14 heavy (non-hydrogen) atoms. The van der Waals surface area contributed by atoms with Crippen LogP contribution in [0.2, 0.25) is 0 Å². The minimum atomic E-state index is -0.178. The van der Waals surface area contributed by atoms with E-state index in [-0.39, 0.29) is 12.5 Å². The first-order valence-electron chi connectivity index (χ1n) is 4.41. The molecule has 1 rings (SSSR count). The van der Waals surface area contributed by atoms with Crippen molar-refractivity contribution in [2.24, 2.45) is 5.73 Å². The smallest absolute Gasteiger partial charge is 0.238 e. The third-order valence-electron chi connectivity index (χ3n) is 1.85. The maximum Gasteiger partial charge on any atom is 0.238 e. The third kappa shape index (κ3) is 2.74. The molecule has 0 aliphatic carbocycles. The van der Waals surface area contributed by atoms with Crippen LogP contribution in [0.3, 0.4) is 0 Å². The van der Waals surface area contributed by atoms with E-state index in [1.807, 2.05) is 43.3 Å². The lowest BCUT2D eigenvalue weighted by Gasteiger charge is -2.12.